The largest absolute Gasteiger partial charge is 0.312 e. The lowest BCUT2D eigenvalue weighted by Crippen LogP contribution is -2.16. The SMILES string of the molecule is Cc1cc(C#N)ccc1CNCCc1ccc(Br)s1. The van der Waals surface area contributed by atoms with E-state index in [0.29, 0.717) is 0 Å². The van der Waals surface area contributed by atoms with Crippen molar-refractivity contribution in [2.45, 2.75) is 19.9 Å². The summed E-state index contributed by atoms with van der Waals surface area (Å²) in [6.07, 6.45) is 1.05. The Hall–Kier alpha value is -1.15. The highest BCUT2D eigenvalue weighted by Gasteiger charge is 2.01. The van der Waals surface area contributed by atoms with Crippen molar-refractivity contribution in [3.8, 4) is 6.07 Å². The van der Waals surface area contributed by atoms with Gasteiger partial charge < -0.3 is 5.32 Å². The van der Waals surface area contributed by atoms with Crippen LogP contribution in [0.25, 0.3) is 0 Å². The maximum Gasteiger partial charge on any atom is 0.0991 e. The highest BCUT2D eigenvalue weighted by Crippen LogP contribution is 2.22. The molecule has 0 fully saturated rings. The van der Waals surface area contributed by atoms with E-state index in [1.165, 1.54) is 19.8 Å². The van der Waals surface area contributed by atoms with Gasteiger partial charge in [0.05, 0.1) is 15.4 Å². The monoisotopic (exact) mass is 334 g/mol. The zero-order valence-electron chi connectivity index (χ0n) is 10.7. The van der Waals surface area contributed by atoms with Gasteiger partial charge in [-0.3, -0.25) is 0 Å². The Morgan fingerprint density at radius 1 is 1.32 bits per heavy atom. The normalized spacial score (nSPS) is 10.4. The first-order valence-corrected chi connectivity index (χ1v) is 7.74. The molecule has 0 saturated heterocycles. The Bertz CT molecular complexity index is 598. The van der Waals surface area contributed by atoms with Crippen molar-refractivity contribution < 1.29 is 0 Å². The van der Waals surface area contributed by atoms with Crippen LogP contribution in [0.4, 0.5) is 0 Å². The number of nitrogens with zero attached hydrogens (tertiary/aromatic N) is 1. The average Bonchev–Trinajstić information content (AvgIpc) is 2.82. The van der Waals surface area contributed by atoms with Gasteiger partial charge in [-0.05, 0) is 64.7 Å². The third-order valence-corrected chi connectivity index (χ3v) is 4.65. The highest BCUT2D eigenvalue weighted by atomic mass is 79.9. The van der Waals surface area contributed by atoms with Gasteiger partial charge in [0, 0.05) is 18.0 Å². The van der Waals surface area contributed by atoms with Crippen LogP contribution in [-0.2, 0) is 13.0 Å². The first kappa shape index (κ1) is 14.3. The van der Waals surface area contributed by atoms with E-state index in [-0.39, 0.29) is 0 Å². The second kappa shape index (κ2) is 6.85. The maximum absolute atomic E-state index is 8.83. The first-order chi connectivity index (χ1) is 9.19. The number of nitriles is 1. The molecule has 0 unspecified atom stereocenters. The molecule has 19 heavy (non-hydrogen) atoms. The van der Waals surface area contributed by atoms with Crippen LogP contribution in [0.5, 0.6) is 0 Å². The fraction of sp³-hybridized carbons (Fsp3) is 0.267. The van der Waals surface area contributed by atoms with Crippen molar-refractivity contribution in [2.24, 2.45) is 0 Å². The van der Waals surface area contributed by atoms with Crippen LogP contribution >= 0.6 is 27.3 Å². The van der Waals surface area contributed by atoms with Crippen LogP contribution < -0.4 is 5.32 Å². The van der Waals surface area contributed by atoms with Gasteiger partial charge in [0.2, 0.25) is 0 Å². The molecule has 0 amide bonds. The van der Waals surface area contributed by atoms with Gasteiger partial charge in [-0.25, -0.2) is 0 Å². The smallest absolute Gasteiger partial charge is 0.0991 e. The van der Waals surface area contributed by atoms with E-state index in [0.717, 1.165) is 25.1 Å². The van der Waals surface area contributed by atoms with Crippen LogP contribution in [0.15, 0.2) is 34.1 Å². The summed E-state index contributed by atoms with van der Waals surface area (Å²) in [7, 11) is 0. The minimum Gasteiger partial charge on any atom is -0.312 e. The second-order valence-corrected chi connectivity index (χ2v) is 6.93. The van der Waals surface area contributed by atoms with Gasteiger partial charge in [0.25, 0.3) is 0 Å². The van der Waals surface area contributed by atoms with Gasteiger partial charge in [0.15, 0.2) is 0 Å². The lowest BCUT2D eigenvalue weighted by molar-refractivity contribution is 0.688. The summed E-state index contributed by atoms with van der Waals surface area (Å²) in [5, 5.41) is 12.3. The molecule has 0 atom stereocenters. The Morgan fingerprint density at radius 2 is 2.16 bits per heavy atom. The molecule has 1 heterocycles. The van der Waals surface area contributed by atoms with Gasteiger partial charge in [-0.1, -0.05) is 6.07 Å². The Balaban J connectivity index is 1.81. The number of hydrogen-bond acceptors (Lipinski definition) is 3. The topological polar surface area (TPSA) is 35.8 Å². The number of halogens is 1. The molecule has 0 radical (unpaired) electrons. The van der Waals surface area contributed by atoms with E-state index < -0.39 is 0 Å². The Kier molecular flexibility index (Phi) is 5.15. The van der Waals surface area contributed by atoms with Crippen molar-refractivity contribution >= 4 is 27.3 Å². The molecule has 1 N–H and O–H groups in total. The number of benzene rings is 1. The Morgan fingerprint density at radius 3 is 2.79 bits per heavy atom. The van der Waals surface area contributed by atoms with Gasteiger partial charge in [-0.2, -0.15) is 5.26 Å². The molecule has 2 nitrogen and oxygen atoms in total. The summed E-state index contributed by atoms with van der Waals surface area (Å²) in [6, 6.07) is 12.3. The molecule has 2 aromatic rings. The summed E-state index contributed by atoms with van der Waals surface area (Å²) >= 11 is 5.26. The van der Waals surface area contributed by atoms with E-state index in [9.17, 15) is 0 Å². The minimum absolute atomic E-state index is 0.727. The van der Waals surface area contributed by atoms with Gasteiger partial charge >= 0.3 is 0 Å². The molecular formula is C15H15BrN2S. The lowest BCUT2D eigenvalue weighted by Gasteiger charge is -2.07. The predicted octanol–water partition coefficient (Wildman–Crippen LogP) is 4.02. The molecule has 0 aliphatic heterocycles. The molecule has 2 rings (SSSR count). The summed E-state index contributed by atoms with van der Waals surface area (Å²) < 4.78 is 1.19. The number of thiophene rings is 1. The quantitative estimate of drug-likeness (QED) is 0.838. The summed E-state index contributed by atoms with van der Waals surface area (Å²) in [5.41, 5.74) is 3.15. The van der Waals surface area contributed by atoms with E-state index in [2.05, 4.69) is 39.4 Å². The van der Waals surface area contributed by atoms with Gasteiger partial charge in [0.1, 0.15) is 0 Å². The Labute approximate surface area is 126 Å². The molecule has 0 aliphatic carbocycles. The first-order valence-electron chi connectivity index (χ1n) is 6.13. The molecule has 1 aromatic heterocycles. The van der Waals surface area contributed by atoms with Crippen LogP contribution in [-0.4, -0.2) is 6.54 Å². The van der Waals surface area contributed by atoms with Crippen molar-refractivity contribution in [1.82, 2.24) is 5.32 Å². The van der Waals surface area contributed by atoms with Crippen LogP contribution in [0, 0.1) is 18.3 Å². The van der Waals surface area contributed by atoms with Crippen molar-refractivity contribution in [3.05, 3.63) is 55.7 Å². The molecule has 0 bridgehead atoms. The molecule has 0 aliphatic rings. The van der Waals surface area contributed by atoms with Crippen LogP contribution in [0.3, 0.4) is 0 Å². The summed E-state index contributed by atoms with van der Waals surface area (Å²) in [6.45, 7) is 3.87. The number of rotatable bonds is 5. The molecule has 0 spiro atoms. The van der Waals surface area contributed by atoms with E-state index in [4.69, 9.17) is 5.26 Å². The fourth-order valence-corrected chi connectivity index (χ4v) is 3.37. The number of hydrogen-bond donors (Lipinski definition) is 1. The minimum atomic E-state index is 0.727. The van der Waals surface area contributed by atoms with E-state index in [1.54, 1.807) is 11.3 Å². The number of aryl methyl sites for hydroxylation is 1. The maximum atomic E-state index is 8.83. The standard InChI is InChI=1S/C15H15BrN2S/c1-11-8-12(9-17)2-3-13(11)10-18-7-6-14-4-5-15(16)19-14/h2-5,8,18H,6-7,10H2,1H3. The summed E-state index contributed by atoms with van der Waals surface area (Å²) in [4.78, 5) is 1.39. The van der Waals surface area contributed by atoms with Crippen LogP contribution in [0.2, 0.25) is 0 Å². The molecule has 4 heteroatoms. The predicted molar refractivity (Wildman–Crippen MR) is 83.3 cm³/mol. The van der Waals surface area contributed by atoms with Gasteiger partial charge in [-0.15, -0.1) is 11.3 Å². The van der Waals surface area contributed by atoms with E-state index >= 15 is 0 Å². The molecule has 98 valence electrons. The molecular weight excluding hydrogens is 320 g/mol. The third-order valence-electron chi connectivity index (χ3n) is 2.96. The lowest BCUT2D eigenvalue weighted by atomic mass is 10.1. The average molecular weight is 335 g/mol. The zero-order chi connectivity index (χ0) is 13.7. The number of nitrogens with one attached hydrogen (secondary N) is 1. The molecule has 1 aromatic carbocycles. The highest BCUT2D eigenvalue weighted by molar-refractivity contribution is 9.11. The van der Waals surface area contributed by atoms with Crippen molar-refractivity contribution in [1.29, 1.82) is 5.26 Å². The van der Waals surface area contributed by atoms with E-state index in [1.807, 2.05) is 25.1 Å². The third kappa shape index (κ3) is 4.17. The second-order valence-electron chi connectivity index (χ2n) is 4.39. The summed E-state index contributed by atoms with van der Waals surface area (Å²) in [5.74, 6) is 0. The van der Waals surface area contributed by atoms with Crippen molar-refractivity contribution in [2.75, 3.05) is 6.54 Å². The molecule has 0 saturated carbocycles. The van der Waals surface area contributed by atoms with Crippen molar-refractivity contribution in [3.63, 3.8) is 0 Å². The van der Waals surface area contributed by atoms with Crippen LogP contribution in [0.1, 0.15) is 21.6 Å². The fourth-order valence-electron chi connectivity index (χ4n) is 1.88. The zero-order valence-corrected chi connectivity index (χ0v) is 13.1.